The van der Waals surface area contributed by atoms with E-state index in [4.69, 9.17) is 0 Å². The number of amides is 2. The van der Waals surface area contributed by atoms with Crippen LogP contribution in [0.25, 0.3) is 0 Å². The van der Waals surface area contributed by atoms with Gasteiger partial charge in [0.2, 0.25) is 0 Å². The van der Waals surface area contributed by atoms with Crippen molar-refractivity contribution in [2.24, 2.45) is 0 Å². The molecule has 1 fully saturated rings. The van der Waals surface area contributed by atoms with Crippen LogP contribution in [0.5, 0.6) is 0 Å². The summed E-state index contributed by atoms with van der Waals surface area (Å²) < 4.78 is 0. The molecule has 0 bridgehead atoms. The second-order valence-corrected chi connectivity index (χ2v) is 6.67. The maximum atomic E-state index is 12.9. The minimum atomic E-state index is -0.117. The van der Waals surface area contributed by atoms with Crippen molar-refractivity contribution in [3.05, 3.63) is 34.9 Å². The van der Waals surface area contributed by atoms with Crippen molar-refractivity contribution >= 4 is 11.8 Å². The topological polar surface area (TPSA) is 49.4 Å². The third kappa shape index (κ3) is 3.26. The zero-order chi connectivity index (χ0) is 16.2. The van der Waals surface area contributed by atoms with Crippen LogP contribution in [0, 0.1) is 0 Å². The molecule has 0 atom stereocenters. The molecule has 1 aliphatic heterocycles. The minimum absolute atomic E-state index is 0.0492. The van der Waals surface area contributed by atoms with Gasteiger partial charge in [-0.05, 0) is 30.9 Å². The highest BCUT2D eigenvalue weighted by Crippen LogP contribution is 2.32. The van der Waals surface area contributed by atoms with Gasteiger partial charge in [0.15, 0.2) is 0 Å². The number of nitrogens with one attached hydrogen (secondary N) is 1. The second kappa shape index (κ2) is 7.16. The third-order valence-corrected chi connectivity index (χ3v) is 5.04. The number of fused-ring (bicyclic) bond motifs is 1. The summed E-state index contributed by atoms with van der Waals surface area (Å²) in [5.41, 5.74) is 2.18. The van der Waals surface area contributed by atoms with Gasteiger partial charge in [0.25, 0.3) is 11.8 Å². The largest absolute Gasteiger partial charge is 0.352 e. The predicted octanol–water partition coefficient (Wildman–Crippen LogP) is 3.51. The highest BCUT2D eigenvalue weighted by Gasteiger charge is 2.35. The first-order valence-corrected chi connectivity index (χ1v) is 8.93. The molecule has 3 rings (SSSR count). The third-order valence-electron chi connectivity index (χ3n) is 5.04. The Labute approximate surface area is 138 Å². The normalized spacial score (nSPS) is 18.1. The van der Waals surface area contributed by atoms with Gasteiger partial charge in [-0.25, -0.2) is 0 Å². The molecule has 4 nitrogen and oxygen atoms in total. The van der Waals surface area contributed by atoms with Gasteiger partial charge in [-0.15, -0.1) is 0 Å². The molecule has 2 amide bonds. The molecule has 124 valence electrons. The van der Waals surface area contributed by atoms with Crippen LogP contribution in [0.2, 0.25) is 0 Å². The zero-order valence-electron chi connectivity index (χ0n) is 13.9. The van der Waals surface area contributed by atoms with Gasteiger partial charge in [0.05, 0.1) is 11.1 Å². The number of unbranched alkanes of at least 4 members (excludes halogenated alkanes) is 1. The van der Waals surface area contributed by atoms with Crippen LogP contribution < -0.4 is 5.32 Å². The molecule has 23 heavy (non-hydrogen) atoms. The maximum Gasteiger partial charge on any atom is 0.255 e. The van der Waals surface area contributed by atoms with Gasteiger partial charge < -0.3 is 10.2 Å². The van der Waals surface area contributed by atoms with E-state index in [-0.39, 0.29) is 11.8 Å². The van der Waals surface area contributed by atoms with E-state index in [9.17, 15) is 9.59 Å². The van der Waals surface area contributed by atoms with E-state index >= 15 is 0 Å². The second-order valence-electron chi connectivity index (χ2n) is 6.67. The first kappa shape index (κ1) is 16.0. The van der Waals surface area contributed by atoms with E-state index in [0.29, 0.717) is 30.3 Å². The highest BCUT2D eigenvalue weighted by atomic mass is 16.2. The van der Waals surface area contributed by atoms with E-state index < -0.39 is 0 Å². The van der Waals surface area contributed by atoms with Crippen molar-refractivity contribution < 1.29 is 9.59 Å². The van der Waals surface area contributed by atoms with Crippen LogP contribution in [-0.2, 0) is 6.54 Å². The van der Waals surface area contributed by atoms with Gasteiger partial charge in [-0.3, -0.25) is 9.59 Å². The SMILES string of the molecule is CCCCNC(=O)c1cccc2c1C(=O)N(C1CCCCC1)C2. The molecule has 4 heteroatoms. The van der Waals surface area contributed by atoms with Crippen molar-refractivity contribution in [1.29, 1.82) is 0 Å². The van der Waals surface area contributed by atoms with Crippen molar-refractivity contribution in [3.8, 4) is 0 Å². The summed E-state index contributed by atoms with van der Waals surface area (Å²) in [5.74, 6) is -0.0673. The van der Waals surface area contributed by atoms with Crippen LogP contribution in [-0.4, -0.2) is 29.3 Å². The van der Waals surface area contributed by atoms with Crippen LogP contribution in [0.1, 0.15) is 78.1 Å². The number of benzene rings is 1. The molecule has 0 aromatic heterocycles. The molecule has 1 aromatic rings. The Morgan fingerprint density at radius 1 is 1.26 bits per heavy atom. The zero-order valence-corrected chi connectivity index (χ0v) is 13.9. The monoisotopic (exact) mass is 314 g/mol. The Morgan fingerprint density at radius 3 is 2.78 bits per heavy atom. The summed E-state index contributed by atoms with van der Waals surface area (Å²) in [6.07, 6.45) is 7.88. The van der Waals surface area contributed by atoms with Gasteiger partial charge >= 0.3 is 0 Å². The number of rotatable bonds is 5. The number of nitrogens with zero attached hydrogens (tertiary/aromatic N) is 1. The lowest BCUT2D eigenvalue weighted by Gasteiger charge is -2.30. The number of hydrogen-bond donors (Lipinski definition) is 1. The lowest BCUT2D eigenvalue weighted by atomic mass is 9.94. The lowest BCUT2D eigenvalue weighted by molar-refractivity contribution is 0.0656. The fourth-order valence-electron chi connectivity index (χ4n) is 3.73. The standard InChI is InChI=1S/C19H26N2O2/c1-2-3-12-20-18(22)16-11-7-8-14-13-21(19(23)17(14)16)15-9-5-4-6-10-15/h7-8,11,15H,2-6,9-10,12-13H2,1H3,(H,20,22). The first-order chi connectivity index (χ1) is 11.2. The number of carbonyl (C=O) groups excluding carboxylic acids is 2. The molecule has 1 aromatic carbocycles. The smallest absolute Gasteiger partial charge is 0.255 e. The van der Waals surface area contributed by atoms with Crippen LogP contribution in [0.15, 0.2) is 18.2 Å². The summed E-state index contributed by atoms with van der Waals surface area (Å²) in [6, 6.07) is 6.01. The Bertz CT molecular complexity index is 591. The minimum Gasteiger partial charge on any atom is -0.352 e. The molecule has 1 heterocycles. The molecule has 2 aliphatic rings. The first-order valence-electron chi connectivity index (χ1n) is 8.93. The van der Waals surface area contributed by atoms with Crippen LogP contribution in [0.3, 0.4) is 0 Å². The summed E-state index contributed by atoms with van der Waals surface area (Å²) in [5, 5.41) is 2.93. The average molecular weight is 314 g/mol. The van der Waals surface area contributed by atoms with Gasteiger partial charge in [-0.2, -0.15) is 0 Å². The summed E-state index contributed by atoms with van der Waals surface area (Å²) in [6.45, 7) is 3.42. The number of hydrogen-bond acceptors (Lipinski definition) is 2. The van der Waals surface area contributed by atoms with Crippen molar-refractivity contribution in [1.82, 2.24) is 10.2 Å². The molecular weight excluding hydrogens is 288 g/mol. The van der Waals surface area contributed by atoms with Crippen molar-refractivity contribution in [2.45, 2.75) is 64.5 Å². The summed E-state index contributed by atoms with van der Waals surface area (Å²) >= 11 is 0. The average Bonchev–Trinajstić information content (AvgIpc) is 2.93. The van der Waals surface area contributed by atoms with E-state index in [1.165, 1.54) is 19.3 Å². The number of carbonyl (C=O) groups is 2. The fourth-order valence-corrected chi connectivity index (χ4v) is 3.73. The molecule has 1 aliphatic carbocycles. The molecule has 0 radical (unpaired) electrons. The molecule has 0 unspecified atom stereocenters. The molecule has 0 spiro atoms. The van der Waals surface area contributed by atoms with Crippen molar-refractivity contribution in [3.63, 3.8) is 0 Å². The lowest BCUT2D eigenvalue weighted by Crippen LogP contribution is -2.37. The Balaban J connectivity index is 1.79. The van der Waals surface area contributed by atoms with Gasteiger partial charge in [-0.1, -0.05) is 44.7 Å². The maximum absolute atomic E-state index is 12.9. The molecule has 1 saturated carbocycles. The molecule has 0 saturated heterocycles. The van der Waals surface area contributed by atoms with Gasteiger partial charge in [0.1, 0.15) is 0 Å². The summed E-state index contributed by atoms with van der Waals surface area (Å²) in [4.78, 5) is 27.3. The summed E-state index contributed by atoms with van der Waals surface area (Å²) in [7, 11) is 0. The van der Waals surface area contributed by atoms with Crippen LogP contribution >= 0.6 is 0 Å². The van der Waals surface area contributed by atoms with E-state index in [1.54, 1.807) is 6.07 Å². The van der Waals surface area contributed by atoms with E-state index in [2.05, 4.69) is 12.2 Å². The van der Waals surface area contributed by atoms with E-state index in [1.807, 2.05) is 17.0 Å². The Hall–Kier alpha value is -1.84. The van der Waals surface area contributed by atoms with E-state index in [0.717, 1.165) is 31.2 Å². The van der Waals surface area contributed by atoms with Crippen LogP contribution in [0.4, 0.5) is 0 Å². The Kier molecular flexibility index (Phi) is 4.99. The Morgan fingerprint density at radius 2 is 2.04 bits per heavy atom. The van der Waals surface area contributed by atoms with Crippen molar-refractivity contribution in [2.75, 3.05) is 6.54 Å². The molecule has 1 N–H and O–H groups in total. The molecular formula is C19H26N2O2. The highest BCUT2D eigenvalue weighted by molar-refractivity contribution is 6.09. The fraction of sp³-hybridized carbons (Fsp3) is 0.579. The quantitative estimate of drug-likeness (QED) is 0.846. The van der Waals surface area contributed by atoms with Gasteiger partial charge in [0, 0.05) is 19.1 Å². The predicted molar refractivity (Wildman–Crippen MR) is 90.4 cm³/mol.